The maximum absolute atomic E-state index is 14.3. The molecule has 0 bridgehead atoms. The van der Waals surface area contributed by atoms with E-state index in [1.807, 2.05) is 0 Å². The van der Waals surface area contributed by atoms with Gasteiger partial charge in [0.25, 0.3) is 5.91 Å². The first-order chi connectivity index (χ1) is 14.0. The molecule has 3 N–H and O–H groups in total. The van der Waals surface area contributed by atoms with Gasteiger partial charge in [0.1, 0.15) is 34.3 Å². The van der Waals surface area contributed by atoms with Crippen molar-refractivity contribution >= 4 is 41.1 Å². The zero-order valence-electron chi connectivity index (χ0n) is 17.6. The number of carbonyl (C=O) groups excluding carboxylic acids is 3. The van der Waals surface area contributed by atoms with Crippen LogP contribution in [0.4, 0.5) is 4.39 Å². The predicted molar refractivity (Wildman–Crippen MR) is 108 cm³/mol. The number of carbonyl (C=O) groups is 3. The Kier molecular flexibility index (Phi) is 7.75. The number of fused-ring (bicyclic) bond motifs is 1. The second-order valence-corrected chi connectivity index (χ2v) is 9.77. The molecule has 0 spiro atoms. The van der Waals surface area contributed by atoms with Crippen molar-refractivity contribution in [3.63, 3.8) is 0 Å². The van der Waals surface area contributed by atoms with Gasteiger partial charge in [0.2, 0.25) is 5.91 Å². The number of carboxylic acid groups (broad SMARTS) is 1. The predicted octanol–water partition coefficient (Wildman–Crippen LogP) is -2.47. The van der Waals surface area contributed by atoms with Crippen molar-refractivity contribution in [3.05, 3.63) is 40.4 Å². The molecular formula is C19H18ClFN3NaO6S. The molecule has 0 radical (unpaired) electrons. The van der Waals surface area contributed by atoms with Crippen LogP contribution in [-0.4, -0.2) is 55.5 Å². The van der Waals surface area contributed by atoms with Crippen LogP contribution in [0.2, 0.25) is 5.02 Å². The standard InChI is InChI=1S/C19H17ClFN3O5S.Na.H2O/c1-7-10(12(23-29-7)11-8(20)5-4-6-9(11)21)15(25)22-13-16(26)24-14(18(27)28)19(2,3)30-17(13)24;;/h4-6,13-14,17H,1-3H3,(H,22,25)(H,27,28);;1H2/q;+1;/p-1. The smallest absolute Gasteiger partial charge is 0.548 e. The molecule has 3 atom stereocenters. The summed E-state index contributed by atoms with van der Waals surface area (Å²) in [6.45, 7) is 4.88. The number of benzene rings is 1. The zero-order chi connectivity index (χ0) is 22.0. The van der Waals surface area contributed by atoms with Gasteiger partial charge in [0.05, 0.1) is 22.6 Å². The molecule has 2 aromatic rings. The van der Waals surface area contributed by atoms with Crippen LogP contribution in [0.3, 0.4) is 0 Å². The number of aliphatic carboxylic acids is 1. The average Bonchev–Trinajstić information content (AvgIpc) is 3.14. The number of thioether (sulfide) groups is 1. The number of halogens is 2. The van der Waals surface area contributed by atoms with Crippen molar-refractivity contribution in [2.24, 2.45) is 0 Å². The van der Waals surface area contributed by atoms with E-state index in [1.54, 1.807) is 13.8 Å². The van der Waals surface area contributed by atoms with Gasteiger partial charge in [0.15, 0.2) is 0 Å². The Labute approximate surface area is 213 Å². The van der Waals surface area contributed by atoms with E-state index in [1.165, 1.54) is 41.8 Å². The van der Waals surface area contributed by atoms with E-state index >= 15 is 0 Å². The number of aromatic nitrogens is 1. The van der Waals surface area contributed by atoms with E-state index < -0.39 is 45.8 Å². The Bertz CT molecular complexity index is 1080. The van der Waals surface area contributed by atoms with Crippen molar-refractivity contribution in [2.45, 2.75) is 43.0 Å². The van der Waals surface area contributed by atoms with Gasteiger partial charge in [-0.2, -0.15) is 0 Å². The molecule has 2 fully saturated rings. The third kappa shape index (κ3) is 4.06. The van der Waals surface area contributed by atoms with Crippen molar-refractivity contribution in [2.75, 3.05) is 0 Å². The topological polar surface area (TPSA) is 147 Å². The third-order valence-electron chi connectivity index (χ3n) is 5.24. The summed E-state index contributed by atoms with van der Waals surface area (Å²) in [5.41, 5.74) is -0.216. The van der Waals surface area contributed by atoms with Crippen molar-refractivity contribution < 1.29 is 63.4 Å². The summed E-state index contributed by atoms with van der Waals surface area (Å²) in [6.07, 6.45) is 0. The molecule has 2 aliphatic rings. The van der Waals surface area contributed by atoms with E-state index in [9.17, 15) is 23.9 Å². The second kappa shape index (κ2) is 9.32. The van der Waals surface area contributed by atoms with Crippen LogP contribution in [-0.2, 0) is 9.59 Å². The summed E-state index contributed by atoms with van der Waals surface area (Å²) in [6, 6.07) is 2.01. The number of rotatable bonds is 4. The Morgan fingerprint density at radius 1 is 1.38 bits per heavy atom. The number of hydrogen-bond donors (Lipinski definition) is 1. The molecule has 166 valence electrons. The SMILES string of the molecule is Cc1onc(-c2c(F)cccc2Cl)c1C(=O)NC1C(=O)N2C1SC(C)(C)C2C(=O)[O-].O.[Na+]. The minimum absolute atomic E-state index is 0. The number of amides is 2. The summed E-state index contributed by atoms with van der Waals surface area (Å²) in [5, 5.41) is 17.4. The Hall–Kier alpha value is -1.63. The van der Waals surface area contributed by atoms with Crippen LogP contribution in [0.5, 0.6) is 0 Å². The third-order valence-corrected chi connectivity index (χ3v) is 7.13. The normalized spacial score (nSPS) is 22.8. The number of nitrogens with zero attached hydrogens (tertiary/aromatic N) is 2. The molecule has 2 amide bonds. The molecule has 4 rings (SSSR count). The first kappa shape index (κ1) is 26.6. The fourth-order valence-electron chi connectivity index (χ4n) is 3.87. The van der Waals surface area contributed by atoms with Gasteiger partial charge >= 0.3 is 29.6 Å². The molecule has 2 saturated heterocycles. The molecule has 9 nitrogen and oxygen atoms in total. The summed E-state index contributed by atoms with van der Waals surface area (Å²) < 4.78 is 18.7. The monoisotopic (exact) mass is 493 g/mol. The molecule has 0 aliphatic carbocycles. The zero-order valence-corrected chi connectivity index (χ0v) is 21.1. The molecule has 3 heterocycles. The summed E-state index contributed by atoms with van der Waals surface area (Å²) in [5.74, 6) is -3.13. The molecule has 2 aliphatic heterocycles. The van der Waals surface area contributed by atoms with E-state index in [0.29, 0.717) is 0 Å². The Balaban J connectivity index is 0.00000181. The van der Waals surface area contributed by atoms with Crippen LogP contribution in [0.15, 0.2) is 22.7 Å². The molecule has 0 saturated carbocycles. The number of β-lactam (4-membered cyclic amide) rings is 1. The summed E-state index contributed by atoms with van der Waals surface area (Å²) in [4.78, 5) is 38.3. The van der Waals surface area contributed by atoms with E-state index in [2.05, 4.69) is 10.5 Å². The first-order valence-electron chi connectivity index (χ1n) is 8.97. The minimum Gasteiger partial charge on any atom is -0.548 e. The molecule has 3 unspecified atom stereocenters. The van der Waals surface area contributed by atoms with Crippen LogP contribution < -0.4 is 40.0 Å². The summed E-state index contributed by atoms with van der Waals surface area (Å²) in [7, 11) is 0. The van der Waals surface area contributed by atoms with Gasteiger partial charge in [-0.15, -0.1) is 11.8 Å². The van der Waals surface area contributed by atoms with Gasteiger partial charge in [-0.3, -0.25) is 9.59 Å². The number of nitrogens with one attached hydrogen (secondary N) is 1. The fourth-order valence-corrected chi connectivity index (χ4v) is 5.75. The molecular weight excluding hydrogens is 476 g/mol. The Morgan fingerprint density at radius 3 is 2.62 bits per heavy atom. The molecule has 1 aromatic heterocycles. The van der Waals surface area contributed by atoms with Gasteiger partial charge in [-0.05, 0) is 32.9 Å². The van der Waals surface area contributed by atoms with E-state index in [-0.39, 0.29) is 62.6 Å². The van der Waals surface area contributed by atoms with Crippen LogP contribution in [0.25, 0.3) is 11.3 Å². The number of carboxylic acids is 1. The Morgan fingerprint density at radius 2 is 2.03 bits per heavy atom. The van der Waals surface area contributed by atoms with Crippen LogP contribution in [0.1, 0.15) is 30.0 Å². The number of aryl methyl sites for hydroxylation is 1. The molecule has 32 heavy (non-hydrogen) atoms. The summed E-state index contributed by atoms with van der Waals surface area (Å²) >= 11 is 7.35. The van der Waals surface area contributed by atoms with Crippen LogP contribution in [0, 0.1) is 12.7 Å². The second-order valence-electron chi connectivity index (χ2n) is 7.59. The van der Waals surface area contributed by atoms with Crippen LogP contribution >= 0.6 is 23.4 Å². The minimum atomic E-state index is -1.35. The van der Waals surface area contributed by atoms with Gasteiger partial charge in [-0.25, -0.2) is 4.39 Å². The quantitative estimate of drug-likeness (QED) is 0.367. The maximum atomic E-state index is 14.3. The largest absolute Gasteiger partial charge is 1.00 e. The fraction of sp³-hybridized carbons (Fsp3) is 0.368. The van der Waals surface area contributed by atoms with Crippen molar-refractivity contribution in [1.82, 2.24) is 15.4 Å². The van der Waals surface area contributed by atoms with Gasteiger partial charge in [-0.1, -0.05) is 22.8 Å². The van der Waals surface area contributed by atoms with Crippen molar-refractivity contribution in [1.29, 1.82) is 0 Å². The number of hydrogen-bond acceptors (Lipinski definition) is 7. The van der Waals surface area contributed by atoms with Crippen molar-refractivity contribution in [3.8, 4) is 11.3 Å². The first-order valence-corrected chi connectivity index (χ1v) is 10.2. The van der Waals surface area contributed by atoms with Gasteiger partial charge < -0.3 is 30.1 Å². The average molecular weight is 494 g/mol. The molecule has 1 aromatic carbocycles. The van der Waals surface area contributed by atoms with E-state index in [4.69, 9.17) is 16.1 Å². The van der Waals surface area contributed by atoms with Gasteiger partial charge in [0, 0.05) is 4.75 Å². The molecule has 13 heteroatoms. The van der Waals surface area contributed by atoms with E-state index in [0.717, 1.165) is 0 Å². The maximum Gasteiger partial charge on any atom is 1.00 e.